The number of hydrogen-bond acceptors (Lipinski definition) is 3. The highest BCUT2D eigenvalue weighted by atomic mass is 35.5. The molecule has 2 aromatic rings. The van der Waals surface area contributed by atoms with Crippen LogP contribution in [0.4, 0.5) is 0 Å². The fourth-order valence-corrected chi connectivity index (χ4v) is 4.85. The predicted molar refractivity (Wildman–Crippen MR) is 116 cm³/mol. The van der Waals surface area contributed by atoms with Gasteiger partial charge in [-0.15, -0.1) is 0 Å². The summed E-state index contributed by atoms with van der Waals surface area (Å²) in [6.45, 7) is 1.86. The molecule has 0 unspecified atom stereocenters. The van der Waals surface area contributed by atoms with E-state index in [-0.39, 0.29) is 11.7 Å². The third-order valence-corrected chi connectivity index (χ3v) is 6.38. The van der Waals surface area contributed by atoms with Gasteiger partial charge in [-0.1, -0.05) is 53.0 Å². The molecular formula is C23H17Cl3N2O. The Kier molecular flexibility index (Phi) is 5.44. The van der Waals surface area contributed by atoms with Crippen molar-refractivity contribution in [1.29, 1.82) is 5.26 Å². The van der Waals surface area contributed by atoms with Gasteiger partial charge in [-0.2, -0.15) is 5.26 Å². The first-order valence-corrected chi connectivity index (χ1v) is 10.4. The summed E-state index contributed by atoms with van der Waals surface area (Å²) in [5, 5.41) is 14.7. The Bertz CT molecular complexity index is 1110. The summed E-state index contributed by atoms with van der Waals surface area (Å²) in [6, 6.07) is 15.1. The van der Waals surface area contributed by atoms with Crippen molar-refractivity contribution < 1.29 is 4.79 Å². The number of ketones is 1. The zero-order valence-corrected chi connectivity index (χ0v) is 17.9. The summed E-state index contributed by atoms with van der Waals surface area (Å²) in [4.78, 5) is 13.3. The van der Waals surface area contributed by atoms with Crippen LogP contribution >= 0.6 is 34.8 Å². The van der Waals surface area contributed by atoms with Crippen LogP contribution in [-0.4, -0.2) is 5.78 Å². The van der Waals surface area contributed by atoms with Crippen LogP contribution in [-0.2, 0) is 4.79 Å². The van der Waals surface area contributed by atoms with E-state index in [0.717, 1.165) is 22.5 Å². The molecule has 29 heavy (non-hydrogen) atoms. The lowest BCUT2D eigenvalue weighted by molar-refractivity contribution is -0.116. The van der Waals surface area contributed by atoms with Crippen LogP contribution < -0.4 is 5.32 Å². The van der Waals surface area contributed by atoms with Crippen molar-refractivity contribution in [3.8, 4) is 6.07 Å². The van der Waals surface area contributed by atoms with Crippen molar-refractivity contribution in [3.63, 3.8) is 0 Å². The van der Waals surface area contributed by atoms with Gasteiger partial charge in [0.05, 0.1) is 17.6 Å². The third kappa shape index (κ3) is 3.69. The highest BCUT2D eigenvalue weighted by molar-refractivity contribution is 6.35. The van der Waals surface area contributed by atoms with Crippen LogP contribution in [0.5, 0.6) is 0 Å². The number of benzene rings is 2. The Balaban J connectivity index is 1.80. The van der Waals surface area contributed by atoms with Crippen LogP contribution in [0.3, 0.4) is 0 Å². The highest BCUT2D eigenvalue weighted by Crippen LogP contribution is 2.46. The molecule has 1 aliphatic heterocycles. The van der Waals surface area contributed by atoms with E-state index in [0.29, 0.717) is 39.1 Å². The Morgan fingerprint density at radius 3 is 2.38 bits per heavy atom. The number of carbonyl (C=O) groups is 1. The van der Waals surface area contributed by atoms with Crippen molar-refractivity contribution in [3.05, 3.63) is 91.2 Å². The lowest BCUT2D eigenvalue weighted by atomic mass is 9.72. The Hall–Kier alpha value is -2.25. The highest BCUT2D eigenvalue weighted by Gasteiger charge is 2.39. The number of nitrogens with one attached hydrogen (secondary N) is 1. The van der Waals surface area contributed by atoms with Crippen LogP contribution in [0.25, 0.3) is 0 Å². The smallest absolute Gasteiger partial charge is 0.162 e. The summed E-state index contributed by atoms with van der Waals surface area (Å²) < 4.78 is 0. The molecule has 1 aliphatic carbocycles. The van der Waals surface area contributed by atoms with Gasteiger partial charge in [0.15, 0.2) is 5.78 Å². The summed E-state index contributed by atoms with van der Waals surface area (Å²) in [5.74, 6) is -0.404. The lowest BCUT2D eigenvalue weighted by Gasteiger charge is -2.36. The topological polar surface area (TPSA) is 52.9 Å². The van der Waals surface area contributed by atoms with E-state index in [2.05, 4.69) is 11.4 Å². The summed E-state index contributed by atoms with van der Waals surface area (Å²) in [7, 11) is 0. The summed E-state index contributed by atoms with van der Waals surface area (Å²) >= 11 is 18.5. The summed E-state index contributed by atoms with van der Waals surface area (Å²) in [6.07, 6.45) is 1.06. The molecule has 0 amide bonds. The Labute approximate surface area is 184 Å². The molecule has 6 heteroatoms. The average Bonchev–Trinajstić information content (AvgIpc) is 2.67. The van der Waals surface area contributed by atoms with E-state index in [1.165, 1.54) is 0 Å². The number of dihydropyridines is 1. The molecule has 0 saturated heterocycles. The van der Waals surface area contributed by atoms with Gasteiger partial charge in [0, 0.05) is 38.5 Å². The molecule has 0 radical (unpaired) electrons. The van der Waals surface area contributed by atoms with Gasteiger partial charge in [0.2, 0.25) is 0 Å². The number of allylic oxidation sites excluding steroid dienone is 4. The number of nitrogens with zero attached hydrogens (tertiary/aromatic N) is 1. The van der Waals surface area contributed by atoms with E-state index in [9.17, 15) is 10.1 Å². The maximum absolute atomic E-state index is 13.3. The molecule has 2 aromatic carbocycles. The van der Waals surface area contributed by atoms with Crippen LogP contribution in [0.1, 0.15) is 42.7 Å². The fourth-order valence-electron chi connectivity index (χ4n) is 4.20. The van der Waals surface area contributed by atoms with Gasteiger partial charge in [0.1, 0.15) is 0 Å². The van der Waals surface area contributed by atoms with Crippen LogP contribution in [0.15, 0.2) is 65.0 Å². The SMILES string of the molecule is CC1=C(C#N)[C@H](c2ccc(Cl)cc2Cl)C2=C(C[C@@H](c3ccc(Cl)cc3)CC2=O)N1. The maximum atomic E-state index is 13.3. The molecule has 0 fully saturated rings. The van der Waals surface area contributed by atoms with Crippen LogP contribution in [0, 0.1) is 11.3 Å². The lowest BCUT2D eigenvalue weighted by Crippen LogP contribution is -2.33. The minimum absolute atomic E-state index is 0.0231. The first-order chi connectivity index (χ1) is 13.9. The molecule has 1 heterocycles. The Morgan fingerprint density at radius 2 is 1.72 bits per heavy atom. The molecule has 2 atom stereocenters. The number of carbonyl (C=O) groups excluding carboxylic acids is 1. The van der Waals surface area contributed by atoms with Gasteiger partial charge < -0.3 is 5.32 Å². The molecule has 0 aromatic heterocycles. The van der Waals surface area contributed by atoms with Crippen molar-refractivity contribution in [1.82, 2.24) is 5.32 Å². The molecule has 0 saturated carbocycles. The molecule has 4 rings (SSSR count). The standard InChI is InChI=1S/C23H17Cl3N2O/c1-12-18(11-27)22(17-7-6-16(25)10-19(17)26)23-20(28-12)8-14(9-21(23)29)13-2-4-15(24)5-3-13/h2-7,10,14,22,28H,8-9H2,1H3/t14-,22+/m1/s1. The molecule has 1 N–H and O–H groups in total. The van der Waals surface area contributed by atoms with E-state index >= 15 is 0 Å². The predicted octanol–water partition coefficient (Wildman–Crippen LogP) is 6.53. The second-order valence-corrected chi connectivity index (χ2v) is 8.63. The Morgan fingerprint density at radius 1 is 1.03 bits per heavy atom. The van der Waals surface area contributed by atoms with Crippen molar-refractivity contribution in [2.75, 3.05) is 0 Å². The van der Waals surface area contributed by atoms with Crippen molar-refractivity contribution in [2.45, 2.75) is 31.6 Å². The zero-order chi connectivity index (χ0) is 20.7. The van der Waals surface area contributed by atoms with Gasteiger partial charge in [0.25, 0.3) is 0 Å². The first kappa shape index (κ1) is 20.0. The molecule has 3 nitrogen and oxygen atoms in total. The van der Waals surface area contributed by atoms with Gasteiger partial charge in [-0.3, -0.25) is 4.79 Å². The second-order valence-electron chi connectivity index (χ2n) is 7.35. The average molecular weight is 444 g/mol. The largest absolute Gasteiger partial charge is 0.361 e. The molecule has 2 aliphatic rings. The van der Waals surface area contributed by atoms with Crippen LogP contribution in [0.2, 0.25) is 15.1 Å². The molecule has 0 bridgehead atoms. The van der Waals surface area contributed by atoms with E-state index in [1.54, 1.807) is 18.2 Å². The molecule has 0 spiro atoms. The van der Waals surface area contributed by atoms with E-state index < -0.39 is 5.92 Å². The summed E-state index contributed by atoms with van der Waals surface area (Å²) in [5.41, 5.74) is 4.53. The third-order valence-electron chi connectivity index (χ3n) is 5.56. The second kappa shape index (κ2) is 7.88. The number of rotatable bonds is 2. The zero-order valence-electron chi connectivity index (χ0n) is 15.6. The number of Topliss-reactive ketones (excluding diaryl/α,β-unsaturated/α-hetero) is 1. The first-order valence-electron chi connectivity index (χ1n) is 9.23. The fraction of sp³-hybridized carbons (Fsp3) is 0.217. The minimum Gasteiger partial charge on any atom is -0.361 e. The van der Waals surface area contributed by atoms with Gasteiger partial charge >= 0.3 is 0 Å². The molecular weight excluding hydrogens is 427 g/mol. The van der Waals surface area contributed by atoms with Crippen molar-refractivity contribution >= 4 is 40.6 Å². The number of hydrogen-bond donors (Lipinski definition) is 1. The van der Waals surface area contributed by atoms with E-state index in [4.69, 9.17) is 34.8 Å². The van der Waals surface area contributed by atoms with Gasteiger partial charge in [-0.05, 0) is 54.7 Å². The minimum atomic E-state index is -0.486. The normalized spacial score (nSPS) is 21.6. The van der Waals surface area contributed by atoms with E-state index in [1.807, 2.05) is 31.2 Å². The number of halogens is 3. The maximum Gasteiger partial charge on any atom is 0.162 e. The molecule has 146 valence electrons. The van der Waals surface area contributed by atoms with Gasteiger partial charge in [-0.25, -0.2) is 0 Å². The quantitative estimate of drug-likeness (QED) is 0.574. The van der Waals surface area contributed by atoms with Crippen molar-refractivity contribution in [2.24, 2.45) is 0 Å². The number of nitriles is 1. The monoisotopic (exact) mass is 442 g/mol.